The Morgan fingerprint density at radius 1 is 0.968 bits per heavy atom. The lowest BCUT2D eigenvalue weighted by molar-refractivity contribution is 0.0994. The van der Waals surface area contributed by atoms with Gasteiger partial charge in [-0.3, -0.25) is 9.59 Å². The van der Waals surface area contributed by atoms with Crippen molar-refractivity contribution in [3.05, 3.63) is 100 Å². The average Bonchev–Trinajstić information content (AvgIpc) is 3.13. The number of rotatable bonds is 6. The first-order valence-corrected chi connectivity index (χ1v) is 10.4. The van der Waals surface area contributed by atoms with Crippen LogP contribution in [0.25, 0.3) is 10.2 Å². The van der Waals surface area contributed by atoms with E-state index < -0.39 is 5.91 Å². The fourth-order valence-electron chi connectivity index (χ4n) is 3.20. The number of ether oxygens (including phenoxy) is 1. The first kappa shape index (κ1) is 20.8. The van der Waals surface area contributed by atoms with Gasteiger partial charge in [-0.05, 0) is 30.3 Å². The highest BCUT2D eigenvalue weighted by Gasteiger charge is 2.12. The van der Waals surface area contributed by atoms with Crippen molar-refractivity contribution in [2.75, 3.05) is 13.7 Å². The van der Waals surface area contributed by atoms with Gasteiger partial charge in [0.25, 0.3) is 5.91 Å². The highest BCUT2D eigenvalue weighted by Crippen LogP contribution is 2.19. The second-order valence-electron chi connectivity index (χ2n) is 6.83. The molecule has 156 valence electrons. The van der Waals surface area contributed by atoms with Crippen LogP contribution in [0.3, 0.4) is 0 Å². The predicted molar refractivity (Wildman–Crippen MR) is 118 cm³/mol. The minimum absolute atomic E-state index is 0.111. The van der Waals surface area contributed by atoms with Gasteiger partial charge in [-0.2, -0.15) is 4.99 Å². The van der Waals surface area contributed by atoms with E-state index in [1.165, 1.54) is 23.5 Å². The van der Waals surface area contributed by atoms with E-state index in [-0.39, 0.29) is 11.6 Å². The van der Waals surface area contributed by atoms with Crippen LogP contribution < -0.4 is 4.80 Å². The molecule has 0 saturated heterocycles. The number of thiazole rings is 1. The monoisotopic (exact) mass is 434 g/mol. The van der Waals surface area contributed by atoms with E-state index in [0.29, 0.717) is 39.3 Å². The van der Waals surface area contributed by atoms with Crippen molar-refractivity contribution in [1.82, 2.24) is 4.57 Å². The predicted octanol–water partition coefficient (Wildman–Crippen LogP) is 4.46. The second-order valence-corrected chi connectivity index (χ2v) is 7.84. The summed E-state index contributed by atoms with van der Waals surface area (Å²) in [5.41, 5.74) is 2.24. The molecule has 0 unspecified atom stereocenters. The minimum Gasteiger partial charge on any atom is -0.383 e. The minimum atomic E-state index is -0.433. The molecular weight excluding hydrogens is 415 g/mol. The Morgan fingerprint density at radius 3 is 2.35 bits per heavy atom. The lowest BCUT2D eigenvalue weighted by Crippen LogP contribution is -2.19. The first-order chi connectivity index (χ1) is 15.1. The highest BCUT2D eigenvalue weighted by molar-refractivity contribution is 7.16. The lowest BCUT2D eigenvalue weighted by atomic mass is 10.0. The van der Waals surface area contributed by atoms with Crippen molar-refractivity contribution in [2.45, 2.75) is 6.54 Å². The third kappa shape index (κ3) is 4.52. The standard InChI is InChI=1S/C24H19FN2O3S/c1-30-14-13-27-20-12-11-19(25)15-21(20)31-24(27)26-23(29)18-9-7-17(8-10-18)22(28)16-5-3-2-4-6-16/h2-12,15H,13-14H2,1H3. The molecule has 4 rings (SSSR count). The van der Waals surface area contributed by atoms with Gasteiger partial charge in [0.2, 0.25) is 0 Å². The number of carbonyl (C=O) groups is 2. The summed E-state index contributed by atoms with van der Waals surface area (Å²) in [6.45, 7) is 0.916. The summed E-state index contributed by atoms with van der Waals surface area (Å²) in [4.78, 5) is 30.0. The van der Waals surface area contributed by atoms with E-state index in [1.54, 1.807) is 61.7 Å². The number of nitrogens with zero attached hydrogens (tertiary/aromatic N) is 2. The topological polar surface area (TPSA) is 60.7 Å². The molecule has 31 heavy (non-hydrogen) atoms. The number of hydrogen-bond acceptors (Lipinski definition) is 4. The summed E-state index contributed by atoms with van der Waals surface area (Å²) < 4.78 is 21.3. The lowest BCUT2D eigenvalue weighted by Gasteiger charge is -2.04. The first-order valence-electron chi connectivity index (χ1n) is 9.63. The smallest absolute Gasteiger partial charge is 0.279 e. The fraction of sp³-hybridized carbons (Fsp3) is 0.125. The molecule has 1 amide bonds. The molecule has 0 spiro atoms. The number of hydrogen-bond donors (Lipinski definition) is 0. The molecule has 4 aromatic rings. The normalized spacial score (nSPS) is 11.7. The highest BCUT2D eigenvalue weighted by atomic mass is 32.1. The van der Waals surface area contributed by atoms with Gasteiger partial charge in [0.1, 0.15) is 5.82 Å². The van der Waals surface area contributed by atoms with Crippen molar-refractivity contribution >= 4 is 33.2 Å². The largest absolute Gasteiger partial charge is 0.383 e. The van der Waals surface area contributed by atoms with Gasteiger partial charge in [-0.15, -0.1) is 0 Å². The summed E-state index contributed by atoms with van der Waals surface area (Å²) in [7, 11) is 1.59. The molecule has 0 saturated carbocycles. The van der Waals surface area contributed by atoms with E-state index in [4.69, 9.17) is 4.74 Å². The van der Waals surface area contributed by atoms with E-state index in [1.807, 2.05) is 10.6 Å². The van der Waals surface area contributed by atoms with Crippen molar-refractivity contribution in [3.8, 4) is 0 Å². The number of methoxy groups -OCH3 is 1. The Hall–Kier alpha value is -3.42. The Bertz CT molecular complexity index is 1310. The summed E-state index contributed by atoms with van der Waals surface area (Å²) in [5.74, 6) is -0.887. The molecular formula is C24H19FN2O3S. The van der Waals surface area contributed by atoms with Crippen LogP contribution >= 0.6 is 11.3 Å². The van der Waals surface area contributed by atoms with E-state index in [2.05, 4.69) is 4.99 Å². The summed E-state index contributed by atoms with van der Waals surface area (Å²) >= 11 is 1.24. The maximum atomic E-state index is 13.6. The zero-order valence-electron chi connectivity index (χ0n) is 16.7. The number of amides is 1. The SMILES string of the molecule is COCCn1c(=NC(=O)c2ccc(C(=O)c3ccccc3)cc2)sc2cc(F)ccc21. The Kier molecular flexibility index (Phi) is 6.16. The van der Waals surface area contributed by atoms with Crippen LogP contribution in [0.15, 0.2) is 77.8 Å². The molecule has 0 aliphatic rings. The van der Waals surface area contributed by atoms with Crippen molar-refractivity contribution < 1.29 is 18.7 Å². The summed E-state index contributed by atoms with van der Waals surface area (Å²) in [5, 5.41) is 0. The third-order valence-electron chi connectivity index (χ3n) is 4.79. The number of carbonyl (C=O) groups excluding carboxylic acids is 2. The molecule has 0 N–H and O–H groups in total. The van der Waals surface area contributed by atoms with Crippen molar-refractivity contribution in [1.29, 1.82) is 0 Å². The molecule has 7 heteroatoms. The molecule has 0 atom stereocenters. The van der Waals surface area contributed by atoms with Gasteiger partial charge in [-0.1, -0.05) is 53.8 Å². The molecule has 0 aliphatic heterocycles. The molecule has 1 aromatic heterocycles. The van der Waals surface area contributed by atoms with Gasteiger partial charge in [0.05, 0.1) is 16.8 Å². The Morgan fingerprint density at radius 2 is 1.65 bits per heavy atom. The van der Waals surface area contributed by atoms with Gasteiger partial charge in [0, 0.05) is 30.3 Å². The average molecular weight is 434 g/mol. The molecule has 0 aliphatic carbocycles. The van der Waals surface area contributed by atoms with Crippen molar-refractivity contribution in [3.63, 3.8) is 0 Å². The van der Waals surface area contributed by atoms with Crippen LogP contribution in [0.5, 0.6) is 0 Å². The molecule has 0 bridgehead atoms. The van der Waals surface area contributed by atoms with Crippen molar-refractivity contribution in [2.24, 2.45) is 4.99 Å². The maximum Gasteiger partial charge on any atom is 0.279 e. The van der Waals surface area contributed by atoms with Gasteiger partial charge in [0.15, 0.2) is 10.6 Å². The Balaban J connectivity index is 1.65. The van der Waals surface area contributed by atoms with E-state index >= 15 is 0 Å². The van der Waals surface area contributed by atoms with Crippen LogP contribution in [0.1, 0.15) is 26.3 Å². The number of ketones is 1. The molecule has 3 aromatic carbocycles. The molecule has 0 fully saturated rings. The van der Waals surface area contributed by atoms with E-state index in [9.17, 15) is 14.0 Å². The van der Waals surface area contributed by atoms with Crippen LogP contribution in [0.2, 0.25) is 0 Å². The van der Waals surface area contributed by atoms with Gasteiger partial charge >= 0.3 is 0 Å². The quantitative estimate of drug-likeness (QED) is 0.421. The number of halogens is 1. The second kappa shape index (κ2) is 9.16. The van der Waals surface area contributed by atoms with Crippen LogP contribution in [0, 0.1) is 5.82 Å². The summed E-state index contributed by atoms with van der Waals surface area (Å²) in [6.07, 6.45) is 0. The van der Waals surface area contributed by atoms with Crippen LogP contribution in [0.4, 0.5) is 4.39 Å². The number of aromatic nitrogens is 1. The maximum absolute atomic E-state index is 13.6. The van der Waals surface area contributed by atoms with Crippen LogP contribution in [-0.2, 0) is 11.3 Å². The fourth-order valence-corrected chi connectivity index (χ4v) is 4.28. The van der Waals surface area contributed by atoms with E-state index in [0.717, 1.165) is 5.52 Å². The summed E-state index contributed by atoms with van der Waals surface area (Å²) in [6, 6.07) is 19.9. The molecule has 5 nitrogen and oxygen atoms in total. The molecule has 1 heterocycles. The Labute approximate surface area is 182 Å². The zero-order chi connectivity index (χ0) is 21.8. The van der Waals surface area contributed by atoms with Gasteiger partial charge in [-0.25, -0.2) is 4.39 Å². The van der Waals surface area contributed by atoms with Crippen LogP contribution in [-0.4, -0.2) is 30.0 Å². The molecule has 0 radical (unpaired) electrons. The number of benzene rings is 3. The van der Waals surface area contributed by atoms with Gasteiger partial charge < -0.3 is 9.30 Å². The number of fused-ring (bicyclic) bond motifs is 1. The third-order valence-corrected chi connectivity index (χ3v) is 5.83. The zero-order valence-corrected chi connectivity index (χ0v) is 17.6.